The van der Waals surface area contributed by atoms with Crippen LogP contribution in [0.15, 0.2) is 64.3 Å². The molecule has 11 heteroatoms. The van der Waals surface area contributed by atoms with Gasteiger partial charge in [0.1, 0.15) is 16.5 Å². The van der Waals surface area contributed by atoms with E-state index in [1.807, 2.05) is 29.6 Å². The van der Waals surface area contributed by atoms with Crippen molar-refractivity contribution in [3.63, 3.8) is 0 Å². The third-order valence-electron chi connectivity index (χ3n) is 4.22. The molecule has 0 atom stereocenters. The molecule has 0 bridgehead atoms. The SMILES string of the molecule is COc1ccc(Cc2csc(Nc3ccc(S(=O)(=O)Nc4nccs4)c(F)c3)n2)cc1. The van der Waals surface area contributed by atoms with Crippen LogP contribution in [0.1, 0.15) is 11.3 Å². The van der Waals surface area contributed by atoms with Crippen molar-refractivity contribution in [1.82, 2.24) is 9.97 Å². The van der Waals surface area contributed by atoms with Crippen LogP contribution in [0.3, 0.4) is 0 Å². The lowest BCUT2D eigenvalue weighted by atomic mass is 10.1. The predicted octanol–water partition coefficient (Wildman–Crippen LogP) is 4.88. The highest BCUT2D eigenvalue weighted by Crippen LogP contribution is 2.26. The fraction of sp³-hybridized carbons (Fsp3) is 0.100. The van der Waals surface area contributed by atoms with E-state index in [1.54, 1.807) is 12.5 Å². The lowest BCUT2D eigenvalue weighted by Gasteiger charge is -2.08. The van der Waals surface area contributed by atoms with Crippen LogP contribution in [-0.2, 0) is 16.4 Å². The van der Waals surface area contributed by atoms with Gasteiger partial charge in [0, 0.05) is 29.1 Å². The predicted molar refractivity (Wildman–Crippen MR) is 121 cm³/mol. The maximum absolute atomic E-state index is 14.5. The van der Waals surface area contributed by atoms with Gasteiger partial charge in [-0.3, -0.25) is 4.72 Å². The molecular weight excluding hydrogens is 459 g/mol. The monoisotopic (exact) mass is 476 g/mol. The fourth-order valence-electron chi connectivity index (χ4n) is 2.76. The number of nitrogens with zero attached hydrogens (tertiary/aromatic N) is 2. The maximum atomic E-state index is 14.5. The normalized spacial score (nSPS) is 11.3. The Morgan fingerprint density at radius 3 is 2.58 bits per heavy atom. The summed E-state index contributed by atoms with van der Waals surface area (Å²) in [5, 5.41) is 7.31. The molecule has 0 spiro atoms. The minimum Gasteiger partial charge on any atom is -0.497 e. The average molecular weight is 477 g/mol. The quantitative estimate of drug-likeness (QED) is 0.376. The smallest absolute Gasteiger partial charge is 0.266 e. The molecule has 31 heavy (non-hydrogen) atoms. The summed E-state index contributed by atoms with van der Waals surface area (Å²) in [6.07, 6.45) is 2.11. The summed E-state index contributed by atoms with van der Waals surface area (Å²) in [4.78, 5) is 7.91. The van der Waals surface area contributed by atoms with E-state index < -0.39 is 20.7 Å². The molecule has 2 heterocycles. The summed E-state index contributed by atoms with van der Waals surface area (Å²) in [5.74, 6) is -0.0807. The number of rotatable bonds is 8. The first-order valence-corrected chi connectivity index (χ1v) is 12.2. The summed E-state index contributed by atoms with van der Waals surface area (Å²) >= 11 is 2.49. The van der Waals surface area contributed by atoms with Gasteiger partial charge in [0.25, 0.3) is 10.0 Å². The van der Waals surface area contributed by atoms with Gasteiger partial charge in [-0.25, -0.2) is 22.8 Å². The zero-order valence-electron chi connectivity index (χ0n) is 16.2. The van der Waals surface area contributed by atoms with Crippen molar-refractivity contribution >= 4 is 48.6 Å². The number of ether oxygens (including phenoxy) is 1. The molecule has 0 unspecified atom stereocenters. The van der Waals surface area contributed by atoms with Gasteiger partial charge >= 0.3 is 0 Å². The number of hydrogen-bond acceptors (Lipinski definition) is 8. The number of hydrogen-bond donors (Lipinski definition) is 2. The minimum absolute atomic E-state index is 0.175. The second-order valence-corrected chi connectivity index (χ2v) is 9.79. The topological polar surface area (TPSA) is 93.2 Å². The highest BCUT2D eigenvalue weighted by molar-refractivity contribution is 7.93. The summed E-state index contributed by atoms with van der Waals surface area (Å²) in [6.45, 7) is 0. The van der Waals surface area contributed by atoms with Gasteiger partial charge in [-0.05, 0) is 35.9 Å². The first-order chi connectivity index (χ1) is 14.9. The molecule has 0 amide bonds. The van der Waals surface area contributed by atoms with Crippen LogP contribution < -0.4 is 14.8 Å². The molecule has 0 aliphatic rings. The van der Waals surface area contributed by atoms with Crippen molar-refractivity contribution in [3.05, 3.63) is 76.5 Å². The Bertz CT molecular complexity index is 1270. The summed E-state index contributed by atoms with van der Waals surface area (Å²) < 4.78 is 46.7. The molecule has 2 N–H and O–H groups in total. The molecule has 2 aromatic carbocycles. The van der Waals surface area contributed by atoms with E-state index in [-0.39, 0.29) is 5.13 Å². The van der Waals surface area contributed by atoms with Gasteiger partial charge in [-0.1, -0.05) is 12.1 Å². The summed E-state index contributed by atoms with van der Waals surface area (Å²) in [5.41, 5.74) is 2.35. The van der Waals surface area contributed by atoms with E-state index in [0.29, 0.717) is 17.2 Å². The van der Waals surface area contributed by atoms with Crippen LogP contribution in [0.5, 0.6) is 5.75 Å². The van der Waals surface area contributed by atoms with Crippen molar-refractivity contribution < 1.29 is 17.5 Å². The van der Waals surface area contributed by atoms with Crippen LogP contribution >= 0.6 is 22.7 Å². The Morgan fingerprint density at radius 1 is 1.10 bits per heavy atom. The van der Waals surface area contributed by atoms with Crippen molar-refractivity contribution in [1.29, 1.82) is 0 Å². The second kappa shape index (κ2) is 9.00. The van der Waals surface area contributed by atoms with E-state index in [9.17, 15) is 12.8 Å². The number of benzene rings is 2. The van der Waals surface area contributed by atoms with E-state index in [2.05, 4.69) is 20.0 Å². The number of anilines is 3. The number of aromatic nitrogens is 2. The van der Waals surface area contributed by atoms with E-state index in [0.717, 1.165) is 34.4 Å². The van der Waals surface area contributed by atoms with Crippen LogP contribution in [0.2, 0.25) is 0 Å². The number of methoxy groups -OCH3 is 1. The van der Waals surface area contributed by atoms with Crippen molar-refractivity contribution in [3.8, 4) is 5.75 Å². The van der Waals surface area contributed by atoms with Gasteiger partial charge in [0.2, 0.25) is 0 Å². The largest absolute Gasteiger partial charge is 0.497 e. The van der Waals surface area contributed by atoms with Crippen LogP contribution in [0, 0.1) is 5.82 Å². The van der Waals surface area contributed by atoms with Crippen molar-refractivity contribution in [2.75, 3.05) is 17.1 Å². The number of halogens is 1. The first kappa shape index (κ1) is 21.2. The molecule has 160 valence electrons. The first-order valence-electron chi connectivity index (χ1n) is 8.99. The van der Waals surface area contributed by atoms with Gasteiger partial charge in [0.15, 0.2) is 10.3 Å². The number of thiazole rings is 2. The molecule has 4 rings (SSSR count). The molecule has 0 fully saturated rings. The lowest BCUT2D eigenvalue weighted by Crippen LogP contribution is -2.14. The molecule has 0 saturated heterocycles. The molecule has 7 nitrogen and oxygen atoms in total. The minimum atomic E-state index is -4.07. The van der Waals surface area contributed by atoms with Gasteiger partial charge in [-0.2, -0.15) is 0 Å². The molecule has 0 saturated carbocycles. The zero-order chi connectivity index (χ0) is 21.8. The van der Waals surface area contributed by atoms with Crippen LogP contribution in [0.4, 0.5) is 20.3 Å². The van der Waals surface area contributed by atoms with Crippen molar-refractivity contribution in [2.45, 2.75) is 11.3 Å². The number of nitrogens with one attached hydrogen (secondary N) is 2. The Morgan fingerprint density at radius 2 is 1.90 bits per heavy atom. The fourth-order valence-corrected chi connectivity index (χ4v) is 5.34. The summed E-state index contributed by atoms with van der Waals surface area (Å²) in [7, 11) is -2.45. The van der Waals surface area contributed by atoms with Gasteiger partial charge in [0.05, 0.1) is 12.8 Å². The van der Waals surface area contributed by atoms with Crippen LogP contribution in [-0.4, -0.2) is 25.5 Å². The molecule has 4 aromatic rings. The van der Waals surface area contributed by atoms with Crippen LogP contribution in [0.25, 0.3) is 0 Å². The highest BCUT2D eigenvalue weighted by atomic mass is 32.2. The Labute approximate surface area is 186 Å². The highest BCUT2D eigenvalue weighted by Gasteiger charge is 2.20. The Hall–Kier alpha value is -3.02. The zero-order valence-corrected chi connectivity index (χ0v) is 18.7. The van der Waals surface area contributed by atoms with E-state index in [1.165, 1.54) is 29.7 Å². The standard InChI is InChI=1S/C20H17FN4O3S3/c1-28-16-5-2-13(3-6-16)10-15-12-30-20(24-15)23-14-4-7-18(17(21)11-14)31(26,27)25-19-22-8-9-29-19/h2-9,11-12H,10H2,1H3,(H,22,25)(H,23,24). The molecule has 0 aliphatic carbocycles. The third-order valence-corrected chi connectivity index (χ3v) is 7.22. The molecule has 0 aliphatic heterocycles. The maximum Gasteiger partial charge on any atom is 0.266 e. The van der Waals surface area contributed by atoms with E-state index >= 15 is 0 Å². The number of sulfonamides is 1. The Kier molecular flexibility index (Phi) is 6.16. The van der Waals surface area contributed by atoms with E-state index in [4.69, 9.17) is 4.74 Å². The van der Waals surface area contributed by atoms with Crippen molar-refractivity contribution in [2.24, 2.45) is 0 Å². The van der Waals surface area contributed by atoms with Gasteiger partial charge in [-0.15, -0.1) is 22.7 Å². The lowest BCUT2D eigenvalue weighted by molar-refractivity contribution is 0.414. The molecular formula is C20H17FN4O3S3. The Balaban J connectivity index is 1.44. The second-order valence-electron chi connectivity index (χ2n) is 6.38. The average Bonchev–Trinajstić information content (AvgIpc) is 3.40. The molecule has 2 aromatic heterocycles. The third kappa shape index (κ3) is 5.19. The summed E-state index contributed by atoms with van der Waals surface area (Å²) in [6, 6.07) is 11.6. The van der Waals surface area contributed by atoms with Gasteiger partial charge < -0.3 is 10.1 Å². The molecule has 0 radical (unpaired) electrons.